The summed E-state index contributed by atoms with van der Waals surface area (Å²) in [5.41, 5.74) is 0.434. The van der Waals surface area contributed by atoms with Gasteiger partial charge in [-0.2, -0.15) is 5.26 Å². The van der Waals surface area contributed by atoms with Crippen LogP contribution in [0.5, 0.6) is 5.75 Å². The summed E-state index contributed by atoms with van der Waals surface area (Å²) in [6.45, 7) is 4.71. The Bertz CT molecular complexity index is 606. The van der Waals surface area contributed by atoms with Gasteiger partial charge in [0.15, 0.2) is 6.61 Å². The van der Waals surface area contributed by atoms with Crippen LogP contribution in [0.25, 0.3) is 0 Å². The first-order chi connectivity index (χ1) is 9.72. The largest absolute Gasteiger partial charge is 0.479 e. The molecule has 1 aromatic rings. The quantitative estimate of drug-likeness (QED) is 0.747. The van der Waals surface area contributed by atoms with Gasteiger partial charge in [-0.25, -0.2) is 13.1 Å². The highest BCUT2D eigenvalue weighted by Gasteiger charge is 2.21. The van der Waals surface area contributed by atoms with E-state index in [4.69, 9.17) is 10.00 Å². The van der Waals surface area contributed by atoms with Gasteiger partial charge >= 0.3 is 0 Å². The molecule has 0 unspecified atom stereocenters. The van der Waals surface area contributed by atoms with Crippen LogP contribution in [0.15, 0.2) is 24.3 Å². The molecule has 1 aromatic carbocycles. The van der Waals surface area contributed by atoms with Gasteiger partial charge in [0, 0.05) is 18.6 Å². The summed E-state index contributed by atoms with van der Waals surface area (Å²) in [5, 5.41) is 11.7. The number of nitrogens with zero attached hydrogens (tertiary/aromatic N) is 1. The molecule has 0 radical (unpaired) electrons. The van der Waals surface area contributed by atoms with Crippen LogP contribution >= 0.6 is 0 Å². The van der Waals surface area contributed by atoms with Crippen molar-refractivity contribution in [1.29, 1.82) is 5.26 Å². The smallest absolute Gasteiger partial charge is 0.209 e. The van der Waals surface area contributed by atoms with Crippen molar-refractivity contribution in [2.45, 2.75) is 25.9 Å². The third-order valence-corrected chi connectivity index (χ3v) is 3.48. The zero-order valence-corrected chi connectivity index (χ0v) is 13.3. The molecule has 0 aromatic heterocycles. The lowest BCUT2D eigenvalue weighted by Crippen LogP contribution is -2.49. The molecule has 0 amide bonds. The molecule has 0 fully saturated rings. The van der Waals surface area contributed by atoms with Crippen LogP contribution in [0.1, 0.15) is 19.4 Å². The van der Waals surface area contributed by atoms with Crippen LogP contribution < -0.4 is 14.8 Å². The molecule has 0 aliphatic heterocycles. The summed E-state index contributed by atoms with van der Waals surface area (Å²) >= 11 is 0. The molecule has 116 valence electrons. The van der Waals surface area contributed by atoms with Crippen molar-refractivity contribution in [2.75, 3.05) is 19.4 Å². The number of sulfonamides is 1. The second kappa shape index (κ2) is 7.41. The molecule has 6 nitrogen and oxygen atoms in total. The summed E-state index contributed by atoms with van der Waals surface area (Å²) in [7, 11) is -3.23. The minimum absolute atomic E-state index is 0.0161. The van der Waals surface area contributed by atoms with Crippen molar-refractivity contribution >= 4 is 10.0 Å². The van der Waals surface area contributed by atoms with E-state index < -0.39 is 15.6 Å². The van der Waals surface area contributed by atoms with Crippen molar-refractivity contribution in [3.63, 3.8) is 0 Å². The van der Waals surface area contributed by atoms with E-state index in [0.29, 0.717) is 18.8 Å². The molecular formula is C14H21N3O3S. The minimum Gasteiger partial charge on any atom is -0.479 e. The van der Waals surface area contributed by atoms with E-state index in [9.17, 15) is 8.42 Å². The number of nitriles is 1. The Hall–Kier alpha value is -1.62. The van der Waals surface area contributed by atoms with Gasteiger partial charge in [-0.1, -0.05) is 12.1 Å². The van der Waals surface area contributed by atoms with Crippen molar-refractivity contribution in [3.8, 4) is 11.8 Å². The fourth-order valence-electron chi connectivity index (χ4n) is 1.92. The highest BCUT2D eigenvalue weighted by Crippen LogP contribution is 2.13. The molecule has 0 saturated heterocycles. The molecular weight excluding hydrogens is 290 g/mol. The Balaban J connectivity index is 2.50. The molecule has 0 aliphatic carbocycles. The Kier molecular flexibility index (Phi) is 6.15. The normalized spacial score (nSPS) is 11.9. The molecule has 1 rings (SSSR count). The average molecular weight is 311 g/mol. The highest BCUT2D eigenvalue weighted by molar-refractivity contribution is 7.88. The summed E-state index contributed by atoms with van der Waals surface area (Å²) < 4.78 is 30.3. The van der Waals surface area contributed by atoms with E-state index in [1.165, 1.54) is 0 Å². The van der Waals surface area contributed by atoms with Crippen molar-refractivity contribution in [3.05, 3.63) is 29.8 Å². The second-order valence-corrected chi connectivity index (χ2v) is 7.20. The van der Waals surface area contributed by atoms with Crippen molar-refractivity contribution in [2.24, 2.45) is 0 Å². The Morgan fingerprint density at radius 3 is 2.71 bits per heavy atom. The molecule has 0 spiro atoms. The number of nitrogens with one attached hydrogen (secondary N) is 2. The lowest BCUT2D eigenvalue weighted by Gasteiger charge is -2.25. The molecule has 0 saturated carbocycles. The van der Waals surface area contributed by atoms with Gasteiger partial charge < -0.3 is 10.1 Å². The summed E-state index contributed by atoms with van der Waals surface area (Å²) in [6.07, 6.45) is 1.14. The van der Waals surface area contributed by atoms with Gasteiger partial charge in [0.1, 0.15) is 11.8 Å². The predicted octanol–water partition coefficient (Wildman–Crippen LogP) is 1.01. The van der Waals surface area contributed by atoms with E-state index in [2.05, 4.69) is 10.0 Å². The van der Waals surface area contributed by atoms with Crippen LogP contribution in [-0.2, 0) is 16.6 Å². The van der Waals surface area contributed by atoms with Crippen molar-refractivity contribution in [1.82, 2.24) is 10.0 Å². The molecule has 7 heteroatoms. The summed E-state index contributed by atoms with van der Waals surface area (Å²) in [6, 6.07) is 9.34. The second-order valence-electron chi connectivity index (χ2n) is 5.46. The number of benzene rings is 1. The molecule has 0 aliphatic rings. The van der Waals surface area contributed by atoms with Crippen LogP contribution in [0.2, 0.25) is 0 Å². The predicted molar refractivity (Wildman–Crippen MR) is 81.3 cm³/mol. The lowest BCUT2D eigenvalue weighted by atomic mass is 10.1. The standard InChI is InChI=1S/C14H21N3O3S/c1-14(2,17-21(3,18)19)11-16-10-12-5-4-6-13(9-12)20-8-7-15/h4-6,9,16-17H,8,10-11H2,1-3H3. The SMILES string of the molecule is CC(C)(CNCc1cccc(OCC#N)c1)NS(C)(=O)=O. The van der Waals surface area contributed by atoms with Crippen LogP contribution in [-0.4, -0.2) is 33.4 Å². The number of hydrogen-bond donors (Lipinski definition) is 2. The highest BCUT2D eigenvalue weighted by atomic mass is 32.2. The first kappa shape index (κ1) is 17.4. The van der Waals surface area contributed by atoms with E-state index >= 15 is 0 Å². The summed E-state index contributed by atoms with van der Waals surface area (Å²) in [4.78, 5) is 0. The molecule has 2 N–H and O–H groups in total. The Morgan fingerprint density at radius 2 is 2.10 bits per heavy atom. The van der Waals surface area contributed by atoms with E-state index in [0.717, 1.165) is 11.8 Å². The summed E-state index contributed by atoms with van der Waals surface area (Å²) in [5.74, 6) is 0.643. The molecule has 0 heterocycles. The van der Waals surface area contributed by atoms with Gasteiger partial charge in [-0.15, -0.1) is 0 Å². The van der Waals surface area contributed by atoms with Gasteiger partial charge in [-0.3, -0.25) is 0 Å². The van der Waals surface area contributed by atoms with Gasteiger partial charge in [0.05, 0.1) is 6.26 Å². The number of ether oxygens (including phenoxy) is 1. The number of hydrogen-bond acceptors (Lipinski definition) is 5. The third-order valence-electron chi connectivity index (χ3n) is 2.56. The van der Waals surface area contributed by atoms with Gasteiger partial charge in [0.25, 0.3) is 0 Å². The Morgan fingerprint density at radius 1 is 1.38 bits per heavy atom. The van der Waals surface area contributed by atoms with E-state index in [1.54, 1.807) is 6.07 Å². The van der Waals surface area contributed by atoms with Crippen LogP contribution in [0, 0.1) is 11.3 Å². The fraction of sp³-hybridized carbons (Fsp3) is 0.500. The molecule has 0 atom stereocenters. The first-order valence-electron chi connectivity index (χ1n) is 6.50. The monoisotopic (exact) mass is 311 g/mol. The number of rotatable bonds is 8. The van der Waals surface area contributed by atoms with Gasteiger partial charge in [-0.05, 0) is 31.5 Å². The topological polar surface area (TPSA) is 91.2 Å². The maximum Gasteiger partial charge on any atom is 0.209 e. The third kappa shape index (κ3) is 7.66. The minimum atomic E-state index is -3.23. The maximum atomic E-state index is 11.2. The van der Waals surface area contributed by atoms with E-state index in [-0.39, 0.29) is 6.61 Å². The zero-order chi connectivity index (χ0) is 15.9. The van der Waals surface area contributed by atoms with Crippen molar-refractivity contribution < 1.29 is 13.2 Å². The zero-order valence-electron chi connectivity index (χ0n) is 12.5. The fourth-order valence-corrected chi connectivity index (χ4v) is 2.99. The van der Waals surface area contributed by atoms with Crippen LogP contribution in [0.3, 0.4) is 0 Å². The Labute approximate surface area is 126 Å². The average Bonchev–Trinajstić information content (AvgIpc) is 2.33. The van der Waals surface area contributed by atoms with Gasteiger partial charge in [0.2, 0.25) is 10.0 Å². The lowest BCUT2D eigenvalue weighted by molar-refractivity contribution is 0.367. The molecule has 0 bridgehead atoms. The van der Waals surface area contributed by atoms with E-state index in [1.807, 2.05) is 38.1 Å². The first-order valence-corrected chi connectivity index (χ1v) is 8.39. The molecule has 21 heavy (non-hydrogen) atoms. The maximum absolute atomic E-state index is 11.2. The van der Waals surface area contributed by atoms with Crippen LogP contribution in [0.4, 0.5) is 0 Å².